The molecule has 1 amide bonds. The molecule has 40 heavy (non-hydrogen) atoms. The molecule has 0 saturated carbocycles. The van der Waals surface area contributed by atoms with Crippen molar-refractivity contribution < 1.29 is 14.6 Å². The molecule has 2 aromatic carbocycles. The van der Waals surface area contributed by atoms with Crippen LogP contribution in [-0.2, 0) is 11.4 Å². The Labute approximate surface area is 236 Å². The highest BCUT2D eigenvalue weighted by molar-refractivity contribution is 7.22. The van der Waals surface area contributed by atoms with E-state index >= 15 is 0 Å². The van der Waals surface area contributed by atoms with E-state index in [2.05, 4.69) is 22.2 Å². The Morgan fingerprint density at radius 3 is 2.38 bits per heavy atom. The monoisotopic (exact) mass is 557 g/mol. The van der Waals surface area contributed by atoms with Crippen LogP contribution in [0.25, 0.3) is 12.2 Å². The zero-order valence-electron chi connectivity index (χ0n) is 23.0. The minimum atomic E-state index is -0.426. The number of aromatic nitrogens is 1. The molecule has 0 N–H and O–H groups in total. The quantitative estimate of drug-likeness (QED) is 0.315. The summed E-state index contributed by atoms with van der Waals surface area (Å²) in [7, 11) is 4.05. The molecule has 5 rings (SSSR count). The Kier molecular flexibility index (Phi) is 7.99. The van der Waals surface area contributed by atoms with Gasteiger partial charge >= 0.3 is 11.2 Å². The zero-order valence-corrected chi connectivity index (χ0v) is 24.2. The third-order valence-electron chi connectivity index (χ3n) is 7.59. The van der Waals surface area contributed by atoms with Crippen molar-refractivity contribution >= 4 is 38.7 Å². The summed E-state index contributed by atoms with van der Waals surface area (Å²) in [6, 6.07) is 17.3. The van der Waals surface area contributed by atoms with Crippen LogP contribution in [0.15, 0.2) is 70.8 Å². The van der Waals surface area contributed by atoms with Gasteiger partial charge in [0, 0.05) is 37.3 Å². The molecule has 1 aliphatic heterocycles. The number of benzene rings is 2. The lowest BCUT2D eigenvalue weighted by molar-refractivity contribution is -0.737. The zero-order chi connectivity index (χ0) is 28.4. The lowest BCUT2D eigenvalue weighted by atomic mass is 10.1. The van der Waals surface area contributed by atoms with Gasteiger partial charge in [0.15, 0.2) is 7.11 Å². The van der Waals surface area contributed by atoms with Crippen molar-refractivity contribution in [2.75, 3.05) is 38.2 Å². The van der Waals surface area contributed by atoms with Crippen molar-refractivity contribution in [3.05, 3.63) is 109 Å². The molecule has 1 fully saturated rings. The van der Waals surface area contributed by atoms with Gasteiger partial charge in [-0.3, -0.25) is 14.2 Å². The maximum atomic E-state index is 14.1. The Balaban J connectivity index is 1.59. The summed E-state index contributed by atoms with van der Waals surface area (Å²) in [6.07, 6.45) is 6.09. The van der Waals surface area contributed by atoms with E-state index in [1.807, 2.05) is 83.5 Å². The van der Waals surface area contributed by atoms with Crippen LogP contribution in [0.1, 0.15) is 39.7 Å². The molecule has 1 aliphatic carbocycles. The lowest BCUT2D eigenvalue weighted by Crippen LogP contribution is -2.49. The smallest absolute Gasteiger partial charge is 0.362 e. The minimum absolute atomic E-state index is 0.0244. The molecule has 2 aliphatic rings. The Hall–Kier alpha value is -4.03. The Morgan fingerprint density at radius 1 is 1.05 bits per heavy atom. The summed E-state index contributed by atoms with van der Waals surface area (Å²) in [4.78, 5) is 49.6. The number of nitrogens with zero attached hydrogens (tertiary/aromatic N) is 4. The van der Waals surface area contributed by atoms with Gasteiger partial charge in [-0.2, -0.15) is 0 Å². The molecule has 0 spiro atoms. The van der Waals surface area contributed by atoms with E-state index < -0.39 is 5.56 Å². The van der Waals surface area contributed by atoms with Gasteiger partial charge < -0.3 is 9.80 Å². The number of anilines is 1. The van der Waals surface area contributed by atoms with Crippen molar-refractivity contribution in [1.82, 2.24) is 9.47 Å². The van der Waals surface area contributed by atoms with Gasteiger partial charge in [-0.25, -0.2) is 4.84 Å². The van der Waals surface area contributed by atoms with Crippen molar-refractivity contribution in [1.29, 1.82) is 0 Å². The first kappa shape index (κ1) is 27.5. The van der Waals surface area contributed by atoms with Crippen LogP contribution in [0, 0.1) is 17.7 Å². The molecule has 2 atom stereocenters. The highest BCUT2D eigenvalue weighted by Gasteiger charge is 2.37. The molecular formula is C31H34N4O4P+. The third-order valence-corrected chi connectivity index (χ3v) is 8.28. The first-order valence-electron chi connectivity index (χ1n) is 13.4. The summed E-state index contributed by atoms with van der Waals surface area (Å²) in [5.74, 6) is 0.104. The molecule has 9 heteroatoms. The van der Waals surface area contributed by atoms with Crippen LogP contribution >= 0.6 is 9.24 Å². The normalized spacial score (nSPS) is 16.7. The third kappa shape index (κ3) is 5.36. The largest absolute Gasteiger partial charge is 0.404 e. The van der Waals surface area contributed by atoms with Crippen LogP contribution in [0.4, 0.5) is 11.4 Å². The highest BCUT2D eigenvalue weighted by Crippen LogP contribution is 2.38. The van der Waals surface area contributed by atoms with Crippen LogP contribution in [0.5, 0.6) is 0 Å². The van der Waals surface area contributed by atoms with Crippen LogP contribution < -0.4 is 10.5 Å². The van der Waals surface area contributed by atoms with E-state index in [1.54, 1.807) is 4.57 Å². The second-order valence-corrected chi connectivity index (χ2v) is 10.9. The maximum Gasteiger partial charge on any atom is 0.404 e. The van der Waals surface area contributed by atoms with Gasteiger partial charge in [-0.15, -0.1) is 9.24 Å². The van der Waals surface area contributed by atoms with E-state index in [0.717, 1.165) is 27.7 Å². The predicted molar refractivity (Wildman–Crippen MR) is 162 cm³/mol. The van der Waals surface area contributed by atoms with Gasteiger partial charge in [0.1, 0.15) is 5.69 Å². The van der Waals surface area contributed by atoms with E-state index in [-0.39, 0.29) is 17.5 Å². The number of rotatable bonds is 6. The number of allylic oxidation sites excluding steroid dienone is 2. The predicted octanol–water partition coefficient (Wildman–Crippen LogP) is 5.02. The fourth-order valence-electron chi connectivity index (χ4n) is 5.20. The summed E-state index contributed by atoms with van der Waals surface area (Å²) in [5.41, 5.74) is 4.26. The standard InChI is InChI=1S/C31H34N4O4P/c1-21-9-12-24(13-10-21)30(36)33-17-15-32(16-18-33)28-25-14-11-22(2)27(40)19-26(25)34(20-23-7-5-4-6-8-23)31(37)29(28)35(38)39-3/h4-14,19,22H,15-18,20,40H2,1-3H3/q+1. The van der Waals surface area contributed by atoms with E-state index in [0.29, 0.717) is 48.9 Å². The topological polar surface area (TPSA) is 74.9 Å². The number of carbonyl (C=O) groups is 1. The molecule has 2 heterocycles. The van der Waals surface area contributed by atoms with E-state index in [1.165, 1.54) is 7.11 Å². The average Bonchev–Trinajstić information content (AvgIpc) is 3.12. The fourth-order valence-corrected chi connectivity index (χ4v) is 5.47. The number of carbonyl (C=O) groups excluding carboxylic acids is 1. The number of pyridine rings is 1. The number of aryl methyl sites for hydroxylation is 1. The molecule has 0 bridgehead atoms. The SMILES string of the molecule is CO[N+](=O)c1c(N2CCN(C(=O)c3ccc(C)cc3)CC2)c2c(n(Cc3ccccc3)c1=O)C=C(P)C(C)C=C2. The summed E-state index contributed by atoms with van der Waals surface area (Å²) < 4.78 is 1.65. The molecule has 3 aromatic rings. The molecule has 1 aromatic heterocycles. The summed E-state index contributed by atoms with van der Waals surface area (Å²) in [5, 5.41) is 1.04. The molecule has 1 saturated heterocycles. The molecule has 206 valence electrons. The van der Waals surface area contributed by atoms with E-state index in [9.17, 15) is 14.5 Å². The second kappa shape index (κ2) is 11.6. The fraction of sp³-hybridized carbons (Fsp3) is 0.290. The van der Waals surface area contributed by atoms with Crippen LogP contribution in [0.3, 0.4) is 0 Å². The van der Waals surface area contributed by atoms with Crippen molar-refractivity contribution in [3.8, 4) is 0 Å². The van der Waals surface area contributed by atoms with Crippen molar-refractivity contribution in [2.45, 2.75) is 20.4 Å². The average molecular weight is 558 g/mol. The molecule has 8 nitrogen and oxygen atoms in total. The van der Waals surface area contributed by atoms with Crippen LogP contribution in [-0.4, -0.2) is 53.6 Å². The number of hydrogen-bond donors (Lipinski definition) is 0. The molecule has 0 radical (unpaired) electrons. The van der Waals surface area contributed by atoms with Gasteiger partial charge in [0.05, 0.1) is 17.1 Å². The van der Waals surface area contributed by atoms with Gasteiger partial charge in [-0.05, 0) is 41.9 Å². The van der Waals surface area contributed by atoms with Crippen molar-refractivity contribution in [3.63, 3.8) is 0 Å². The van der Waals surface area contributed by atoms with E-state index in [4.69, 9.17) is 4.84 Å². The number of hydrogen-bond acceptors (Lipinski definition) is 5. The maximum absolute atomic E-state index is 14.1. The van der Waals surface area contributed by atoms with Gasteiger partial charge in [0.2, 0.25) is 0 Å². The minimum Gasteiger partial charge on any atom is -0.362 e. The van der Waals surface area contributed by atoms with Gasteiger partial charge in [0.25, 0.3) is 10.8 Å². The Morgan fingerprint density at radius 2 is 1.73 bits per heavy atom. The summed E-state index contributed by atoms with van der Waals surface area (Å²) in [6.45, 7) is 6.25. The van der Waals surface area contributed by atoms with Gasteiger partial charge in [-0.1, -0.05) is 67.1 Å². The Bertz CT molecular complexity index is 1550. The second-order valence-electron chi connectivity index (χ2n) is 10.3. The number of amides is 1. The van der Waals surface area contributed by atoms with Crippen molar-refractivity contribution in [2.24, 2.45) is 5.92 Å². The highest BCUT2D eigenvalue weighted by atomic mass is 31.0. The summed E-state index contributed by atoms with van der Waals surface area (Å²) >= 11 is 0. The first-order chi connectivity index (χ1) is 19.3. The molecule has 2 unspecified atom stereocenters. The van der Waals surface area contributed by atoms with Crippen LogP contribution in [0.2, 0.25) is 0 Å². The number of piperazine rings is 1. The lowest BCUT2D eigenvalue weighted by Gasteiger charge is -2.36. The first-order valence-corrected chi connectivity index (χ1v) is 14.0. The number of fused-ring (bicyclic) bond motifs is 1. The molecular weight excluding hydrogens is 523 g/mol.